The molecule has 3 heterocycles. The number of carbonyl (C=O) groups excluding carboxylic acids is 2. The zero-order chi connectivity index (χ0) is 17.5. The lowest BCUT2D eigenvalue weighted by molar-refractivity contribution is -0.131. The average Bonchev–Trinajstić information content (AvgIpc) is 2.66. The van der Waals surface area contributed by atoms with E-state index in [2.05, 4.69) is 5.32 Å². The molecule has 2 N–H and O–H groups in total. The minimum absolute atomic E-state index is 0.109. The van der Waals surface area contributed by atoms with Crippen LogP contribution in [0.1, 0.15) is 27.2 Å². The summed E-state index contributed by atoms with van der Waals surface area (Å²) in [5.41, 5.74) is 2.04. The Kier molecular flexibility index (Phi) is 4.48. The second-order valence-electron chi connectivity index (χ2n) is 7.01. The molecule has 0 aliphatic carbocycles. The fourth-order valence-electron chi connectivity index (χ4n) is 3.13. The molecule has 0 saturated heterocycles. The highest BCUT2D eigenvalue weighted by molar-refractivity contribution is 8.02. The van der Waals surface area contributed by atoms with Crippen LogP contribution in [-0.4, -0.2) is 52.1 Å². The number of hydrogen-bond donors (Lipinski definition) is 2. The van der Waals surface area contributed by atoms with Crippen molar-refractivity contribution in [2.45, 2.75) is 44.9 Å². The number of allylic oxidation sites excluding steroid dienone is 1. The molecule has 0 aromatic carbocycles. The fraction of sp³-hybridized carbons (Fsp3) is 0.529. The number of nitrogens with zero attached hydrogens (tertiary/aromatic N) is 1. The van der Waals surface area contributed by atoms with Gasteiger partial charge in [0.25, 0.3) is 5.91 Å². The van der Waals surface area contributed by atoms with Crippen LogP contribution in [0.4, 0.5) is 4.79 Å². The Labute approximate surface area is 145 Å². The standard InChI is InChI=1S/C17H22N2O4S/c1-17(2,3)23-16(22)18-13-12-9-24-7-6-10-4-5-11(8-20)19(14(10)12)15(13)21/h4,6-7,11,13,20H,5,8-9H2,1-3H3,(H,18,22)/t11-,13+/m0/s1. The third-order valence-corrected chi connectivity index (χ3v) is 4.89. The lowest BCUT2D eigenvalue weighted by Gasteiger charge is -2.33. The third kappa shape index (κ3) is 3.10. The Morgan fingerprint density at radius 2 is 2.25 bits per heavy atom. The van der Waals surface area contributed by atoms with Gasteiger partial charge in [0.2, 0.25) is 0 Å². The van der Waals surface area contributed by atoms with Crippen molar-refractivity contribution in [3.05, 3.63) is 34.4 Å². The molecule has 3 rings (SSSR count). The molecule has 0 bridgehead atoms. The number of hydrogen-bond acceptors (Lipinski definition) is 5. The number of thioether (sulfide) groups is 1. The second kappa shape index (κ2) is 6.29. The van der Waals surface area contributed by atoms with Gasteiger partial charge in [-0.05, 0) is 49.8 Å². The van der Waals surface area contributed by atoms with Crippen molar-refractivity contribution < 1.29 is 19.4 Å². The van der Waals surface area contributed by atoms with Crippen molar-refractivity contribution in [2.24, 2.45) is 0 Å². The molecule has 24 heavy (non-hydrogen) atoms. The lowest BCUT2D eigenvalue weighted by Crippen LogP contribution is -2.49. The first-order chi connectivity index (χ1) is 11.3. The van der Waals surface area contributed by atoms with Crippen LogP contribution in [0.3, 0.4) is 0 Å². The van der Waals surface area contributed by atoms with Crippen LogP contribution in [0.15, 0.2) is 34.4 Å². The van der Waals surface area contributed by atoms with Crippen LogP contribution in [0.2, 0.25) is 0 Å². The highest BCUT2D eigenvalue weighted by Gasteiger charge is 2.46. The molecule has 0 fully saturated rings. The van der Waals surface area contributed by atoms with Crippen molar-refractivity contribution >= 4 is 23.8 Å². The SMILES string of the molecule is CC(C)(C)OC(=O)N[C@H]1C(=O)N2C3=C1CSC=CC3=CC[C@H]2CO. The van der Waals surface area contributed by atoms with Gasteiger partial charge in [-0.25, -0.2) is 4.79 Å². The van der Waals surface area contributed by atoms with E-state index in [1.54, 1.807) is 37.4 Å². The van der Waals surface area contributed by atoms with Crippen molar-refractivity contribution in [3.8, 4) is 0 Å². The van der Waals surface area contributed by atoms with E-state index < -0.39 is 17.7 Å². The van der Waals surface area contributed by atoms with Gasteiger partial charge in [-0.2, -0.15) is 0 Å². The summed E-state index contributed by atoms with van der Waals surface area (Å²) in [7, 11) is 0. The molecule has 3 aliphatic rings. The summed E-state index contributed by atoms with van der Waals surface area (Å²) in [6.07, 6.45) is 4.01. The third-order valence-electron chi connectivity index (χ3n) is 4.08. The predicted octanol–water partition coefficient (Wildman–Crippen LogP) is 1.93. The predicted molar refractivity (Wildman–Crippen MR) is 92.2 cm³/mol. The van der Waals surface area contributed by atoms with Gasteiger partial charge in [-0.15, -0.1) is 11.8 Å². The van der Waals surface area contributed by atoms with E-state index in [9.17, 15) is 14.7 Å². The van der Waals surface area contributed by atoms with Crippen LogP contribution >= 0.6 is 11.8 Å². The second-order valence-corrected chi connectivity index (χ2v) is 7.90. The van der Waals surface area contributed by atoms with Crippen molar-refractivity contribution in [1.82, 2.24) is 10.2 Å². The lowest BCUT2D eigenvalue weighted by atomic mass is 9.99. The van der Waals surface area contributed by atoms with Gasteiger partial charge in [-0.3, -0.25) is 4.79 Å². The monoisotopic (exact) mass is 350 g/mol. The Morgan fingerprint density at radius 1 is 1.50 bits per heavy atom. The van der Waals surface area contributed by atoms with Gasteiger partial charge in [0, 0.05) is 5.75 Å². The van der Waals surface area contributed by atoms with E-state index in [0.29, 0.717) is 12.2 Å². The van der Waals surface area contributed by atoms with Gasteiger partial charge in [0.05, 0.1) is 18.3 Å². The van der Waals surface area contributed by atoms with Crippen LogP contribution in [0.25, 0.3) is 0 Å². The van der Waals surface area contributed by atoms with Crippen molar-refractivity contribution in [3.63, 3.8) is 0 Å². The van der Waals surface area contributed by atoms with Crippen LogP contribution in [0.5, 0.6) is 0 Å². The summed E-state index contributed by atoms with van der Waals surface area (Å²) in [6.45, 7) is 5.23. The van der Waals surface area contributed by atoms with Crippen LogP contribution in [0, 0.1) is 0 Å². The first kappa shape index (κ1) is 17.1. The Morgan fingerprint density at radius 3 is 2.92 bits per heavy atom. The molecule has 0 aromatic rings. The number of carbonyl (C=O) groups is 2. The van der Waals surface area contributed by atoms with Crippen molar-refractivity contribution in [2.75, 3.05) is 12.4 Å². The van der Waals surface area contributed by atoms with Gasteiger partial charge in [0.15, 0.2) is 0 Å². The molecule has 6 nitrogen and oxygen atoms in total. The minimum atomic E-state index is -0.738. The first-order valence-electron chi connectivity index (χ1n) is 7.97. The number of rotatable bonds is 2. The number of amides is 2. The molecular formula is C17H22N2O4S. The molecule has 0 radical (unpaired) electrons. The number of ether oxygens (including phenoxy) is 1. The highest BCUT2D eigenvalue weighted by atomic mass is 32.2. The molecule has 0 aromatic heterocycles. The Balaban J connectivity index is 1.92. The van der Waals surface area contributed by atoms with Crippen LogP contribution < -0.4 is 5.32 Å². The Hall–Kier alpha value is -1.73. The van der Waals surface area contributed by atoms with Gasteiger partial charge in [0.1, 0.15) is 11.6 Å². The Bertz CT molecular complexity index is 660. The molecule has 7 heteroatoms. The zero-order valence-corrected chi connectivity index (χ0v) is 14.9. The van der Waals surface area contributed by atoms with Gasteiger partial charge >= 0.3 is 6.09 Å². The fourth-order valence-corrected chi connectivity index (χ4v) is 3.95. The van der Waals surface area contributed by atoms with Gasteiger partial charge in [-0.1, -0.05) is 6.08 Å². The van der Waals surface area contributed by atoms with Crippen LogP contribution in [-0.2, 0) is 9.53 Å². The van der Waals surface area contributed by atoms with E-state index in [1.807, 2.05) is 17.6 Å². The maximum atomic E-state index is 12.9. The summed E-state index contributed by atoms with van der Waals surface area (Å²) < 4.78 is 5.29. The quantitative estimate of drug-likeness (QED) is 0.796. The highest BCUT2D eigenvalue weighted by Crippen LogP contribution is 2.40. The summed E-state index contributed by atoms with van der Waals surface area (Å²) >= 11 is 1.58. The molecule has 2 amide bonds. The molecule has 2 atom stereocenters. The zero-order valence-electron chi connectivity index (χ0n) is 14.0. The van der Waals surface area contributed by atoms with E-state index in [-0.39, 0.29) is 18.6 Å². The van der Waals surface area contributed by atoms with E-state index >= 15 is 0 Å². The summed E-state index contributed by atoms with van der Waals surface area (Å²) in [5, 5.41) is 14.3. The number of aliphatic hydroxyl groups excluding tert-OH is 1. The first-order valence-corrected chi connectivity index (χ1v) is 9.02. The summed E-state index contributed by atoms with van der Waals surface area (Å²) in [6, 6.07) is -1.02. The number of aliphatic hydroxyl groups is 1. The normalized spacial score (nSPS) is 26.1. The van der Waals surface area contributed by atoms with Crippen molar-refractivity contribution in [1.29, 1.82) is 0 Å². The van der Waals surface area contributed by atoms with E-state index in [4.69, 9.17) is 4.74 Å². The number of nitrogens with one attached hydrogen (secondary N) is 1. The molecular weight excluding hydrogens is 328 g/mol. The maximum absolute atomic E-state index is 12.9. The summed E-state index contributed by atoms with van der Waals surface area (Å²) in [4.78, 5) is 26.7. The largest absolute Gasteiger partial charge is 0.444 e. The minimum Gasteiger partial charge on any atom is -0.444 e. The smallest absolute Gasteiger partial charge is 0.408 e. The molecule has 0 saturated carbocycles. The molecule has 130 valence electrons. The average molecular weight is 350 g/mol. The van der Waals surface area contributed by atoms with E-state index in [1.165, 1.54) is 0 Å². The summed E-state index contributed by atoms with van der Waals surface area (Å²) in [5.74, 6) is 0.413. The van der Waals surface area contributed by atoms with E-state index in [0.717, 1.165) is 16.8 Å². The molecule has 3 aliphatic heterocycles. The van der Waals surface area contributed by atoms with Gasteiger partial charge < -0.3 is 20.1 Å². The maximum Gasteiger partial charge on any atom is 0.408 e. The molecule has 0 spiro atoms. The topological polar surface area (TPSA) is 78.9 Å². The number of alkyl carbamates (subject to hydrolysis) is 1. The molecule has 0 unspecified atom stereocenters.